The van der Waals surface area contributed by atoms with E-state index in [4.69, 9.17) is 14.2 Å². The van der Waals surface area contributed by atoms with E-state index in [0.717, 1.165) is 11.3 Å². The highest BCUT2D eigenvalue weighted by molar-refractivity contribution is 6.39. The first-order valence-corrected chi connectivity index (χ1v) is 12.9. The number of anilines is 2. The van der Waals surface area contributed by atoms with Crippen LogP contribution in [0, 0.1) is 5.82 Å². The van der Waals surface area contributed by atoms with E-state index in [1.165, 1.54) is 42.5 Å². The summed E-state index contributed by atoms with van der Waals surface area (Å²) in [5.41, 5.74) is 0.580. The standard InChI is InChI=1S/C30H28FN3O7/c1-3-15-40-25-14-13-22(17-26(25)39-4-2)34-29(37)23(28(36)33-30(34)38)16-19-7-5-6-8-24(19)41-18-27(35)32-21-11-9-20(31)10-12-21/h5-14,16-17H,3-4,15,18H2,1-2H3,(H,32,35)(H,33,36,38)/b23-16+. The van der Waals surface area contributed by atoms with Gasteiger partial charge in [0.05, 0.1) is 18.9 Å². The Labute approximate surface area is 235 Å². The summed E-state index contributed by atoms with van der Waals surface area (Å²) in [5.74, 6) is -1.65. The fourth-order valence-corrected chi connectivity index (χ4v) is 3.89. The maximum Gasteiger partial charge on any atom is 0.335 e. The number of barbiturate groups is 1. The van der Waals surface area contributed by atoms with Gasteiger partial charge in [-0.15, -0.1) is 0 Å². The lowest BCUT2D eigenvalue weighted by Crippen LogP contribution is -2.54. The predicted octanol–water partition coefficient (Wildman–Crippen LogP) is 4.70. The molecule has 10 nitrogen and oxygen atoms in total. The van der Waals surface area contributed by atoms with Crippen LogP contribution in [0.1, 0.15) is 25.8 Å². The van der Waals surface area contributed by atoms with E-state index in [9.17, 15) is 23.6 Å². The van der Waals surface area contributed by atoms with Crippen LogP contribution < -0.4 is 29.7 Å². The molecule has 1 aliphatic heterocycles. The highest BCUT2D eigenvalue weighted by Crippen LogP contribution is 2.34. The molecule has 0 radical (unpaired) electrons. The third-order valence-corrected chi connectivity index (χ3v) is 5.75. The van der Waals surface area contributed by atoms with Gasteiger partial charge < -0.3 is 19.5 Å². The van der Waals surface area contributed by atoms with Crippen LogP contribution in [0.4, 0.5) is 20.6 Å². The summed E-state index contributed by atoms with van der Waals surface area (Å²) in [6, 6.07) is 15.4. The Morgan fingerprint density at radius 2 is 1.68 bits per heavy atom. The van der Waals surface area contributed by atoms with Crippen molar-refractivity contribution in [3.8, 4) is 17.2 Å². The van der Waals surface area contributed by atoms with Crippen LogP contribution in [-0.2, 0) is 14.4 Å². The molecular weight excluding hydrogens is 533 g/mol. The Balaban J connectivity index is 1.56. The van der Waals surface area contributed by atoms with Crippen LogP contribution in [0.2, 0.25) is 0 Å². The summed E-state index contributed by atoms with van der Waals surface area (Å²) in [7, 11) is 0. The van der Waals surface area contributed by atoms with Gasteiger partial charge in [-0.25, -0.2) is 14.1 Å². The largest absolute Gasteiger partial charge is 0.490 e. The molecule has 41 heavy (non-hydrogen) atoms. The van der Waals surface area contributed by atoms with E-state index in [2.05, 4.69) is 10.6 Å². The second-order valence-electron chi connectivity index (χ2n) is 8.75. The van der Waals surface area contributed by atoms with Gasteiger partial charge in [0.2, 0.25) is 0 Å². The van der Waals surface area contributed by atoms with E-state index < -0.39 is 36.2 Å². The normalized spacial score (nSPS) is 14.1. The molecule has 0 atom stereocenters. The van der Waals surface area contributed by atoms with E-state index >= 15 is 0 Å². The summed E-state index contributed by atoms with van der Waals surface area (Å²) < 4.78 is 30.1. The van der Waals surface area contributed by atoms with Crippen molar-refractivity contribution in [2.24, 2.45) is 0 Å². The van der Waals surface area contributed by atoms with Crippen molar-refractivity contribution in [3.63, 3.8) is 0 Å². The highest BCUT2D eigenvalue weighted by Gasteiger charge is 2.37. The fraction of sp³-hybridized carbons (Fsp3) is 0.200. The van der Waals surface area contributed by atoms with Gasteiger partial charge in [-0.2, -0.15) is 0 Å². The van der Waals surface area contributed by atoms with Gasteiger partial charge >= 0.3 is 6.03 Å². The molecule has 2 N–H and O–H groups in total. The Morgan fingerprint density at radius 3 is 2.41 bits per heavy atom. The molecule has 0 saturated carbocycles. The van der Waals surface area contributed by atoms with Crippen molar-refractivity contribution < 1.29 is 37.8 Å². The van der Waals surface area contributed by atoms with Gasteiger partial charge in [0, 0.05) is 17.3 Å². The minimum Gasteiger partial charge on any atom is -0.490 e. The molecular formula is C30H28FN3O7. The van der Waals surface area contributed by atoms with E-state index in [-0.39, 0.29) is 17.0 Å². The van der Waals surface area contributed by atoms with Gasteiger partial charge in [-0.1, -0.05) is 25.1 Å². The lowest BCUT2D eigenvalue weighted by Gasteiger charge is -2.27. The van der Waals surface area contributed by atoms with E-state index in [0.29, 0.717) is 36.0 Å². The van der Waals surface area contributed by atoms with Gasteiger partial charge in [0.15, 0.2) is 18.1 Å². The minimum absolute atomic E-state index is 0.181. The zero-order valence-electron chi connectivity index (χ0n) is 22.4. The molecule has 0 aromatic heterocycles. The Bertz CT molecular complexity index is 1490. The number of para-hydroxylation sites is 1. The zero-order valence-corrected chi connectivity index (χ0v) is 22.4. The van der Waals surface area contributed by atoms with Gasteiger partial charge in [-0.05, 0) is 61.9 Å². The maximum atomic E-state index is 13.5. The van der Waals surface area contributed by atoms with Crippen LogP contribution in [0.3, 0.4) is 0 Å². The first kappa shape index (κ1) is 28.8. The number of ether oxygens (including phenoxy) is 3. The number of carbonyl (C=O) groups excluding carboxylic acids is 4. The lowest BCUT2D eigenvalue weighted by atomic mass is 10.1. The number of benzene rings is 3. The molecule has 3 aromatic carbocycles. The molecule has 0 spiro atoms. The predicted molar refractivity (Wildman–Crippen MR) is 149 cm³/mol. The van der Waals surface area contributed by atoms with Crippen LogP contribution in [0.25, 0.3) is 6.08 Å². The number of carbonyl (C=O) groups is 4. The summed E-state index contributed by atoms with van der Waals surface area (Å²) in [6.45, 7) is 4.14. The molecule has 3 aromatic rings. The Kier molecular flexibility index (Phi) is 9.31. The second kappa shape index (κ2) is 13.2. The minimum atomic E-state index is -0.913. The number of imide groups is 2. The fourth-order valence-electron chi connectivity index (χ4n) is 3.89. The third-order valence-electron chi connectivity index (χ3n) is 5.75. The summed E-state index contributed by atoms with van der Waals surface area (Å²) in [6.07, 6.45) is 2.06. The first-order chi connectivity index (χ1) is 19.8. The second-order valence-corrected chi connectivity index (χ2v) is 8.75. The molecule has 5 amide bonds. The molecule has 1 aliphatic rings. The highest BCUT2D eigenvalue weighted by atomic mass is 19.1. The maximum absolute atomic E-state index is 13.5. The molecule has 1 saturated heterocycles. The van der Waals surface area contributed by atoms with Crippen molar-refractivity contribution in [3.05, 3.63) is 83.7 Å². The summed E-state index contributed by atoms with van der Waals surface area (Å²) >= 11 is 0. The number of amides is 5. The van der Waals surface area contributed by atoms with Crippen molar-refractivity contribution >= 4 is 41.2 Å². The Morgan fingerprint density at radius 1 is 0.927 bits per heavy atom. The molecule has 0 aliphatic carbocycles. The monoisotopic (exact) mass is 561 g/mol. The number of hydrogen-bond acceptors (Lipinski definition) is 7. The zero-order chi connectivity index (χ0) is 29.4. The van der Waals surface area contributed by atoms with Crippen LogP contribution in [0.15, 0.2) is 72.3 Å². The number of nitrogens with zero attached hydrogens (tertiary/aromatic N) is 1. The average Bonchev–Trinajstić information content (AvgIpc) is 2.95. The smallest absolute Gasteiger partial charge is 0.335 e. The summed E-state index contributed by atoms with van der Waals surface area (Å²) in [5, 5.41) is 4.77. The molecule has 1 heterocycles. The average molecular weight is 562 g/mol. The number of urea groups is 1. The molecule has 1 fully saturated rings. The van der Waals surface area contributed by atoms with Gasteiger partial charge in [-0.3, -0.25) is 19.7 Å². The molecule has 0 bridgehead atoms. The third kappa shape index (κ3) is 7.07. The van der Waals surface area contributed by atoms with Crippen LogP contribution >= 0.6 is 0 Å². The first-order valence-electron chi connectivity index (χ1n) is 12.9. The van der Waals surface area contributed by atoms with Crippen molar-refractivity contribution in [1.29, 1.82) is 0 Å². The molecule has 4 rings (SSSR count). The molecule has 11 heteroatoms. The van der Waals surface area contributed by atoms with Crippen molar-refractivity contribution in [1.82, 2.24) is 5.32 Å². The lowest BCUT2D eigenvalue weighted by molar-refractivity contribution is -0.122. The number of halogens is 1. The SMILES string of the molecule is CCCOc1ccc(N2C(=O)NC(=O)/C(=C\c3ccccc3OCC(=O)Nc3ccc(F)cc3)C2=O)cc1OCC. The topological polar surface area (TPSA) is 123 Å². The van der Waals surface area contributed by atoms with Crippen molar-refractivity contribution in [2.75, 3.05) is 30.0 Å². The van der Waals surface area contributed by atoms with E-state index in [1.54, 1.807) is 37.3 Å². The van der Waals surface area contributed by atoms with Crippen molar-refractivity contribution in [2.45, 2.75) is 20.3 Å². The summed E-state index contributed by atoms with van der Waals surface area (Å²) in [4.78, 5) is 52.1. The number of hydrogen-bond donors (Lipinski definition) is 2. The van der Waals surface area contributed by atoms with Gasteiger partial charge in [0.25, 0.3) is 17.7 Å². The van der Waals surface area contributed by atoms with E-state index in [1.807, 2.05) is 6.92 Å². The van der Waals surface area contributed by atoms with Crippen LogP contribution in [0.5, 0.6) is 17.2 Å². The van der Waals surface area contributed by atoms with Gasteiger partial charge in [0.1, 0.15) is 17.1 Å². The number of nitrogens with one attached hydrogen (secondary N) is 2. The molecule has 0 unspecified atom stereocenters. The molecule has 212 valence electrons. The Hall–Kier alpha value is -5.19. The number of rotatable bonds is 11. The van der Waals surface area contributed by atoms with Crippen LogP contribution in [-0.4, -0.2) is 43.6 Å². The quantitative estimate of drug-likeness (QED) is 0.257.